The van der Waals surface area contributed by atoms with E-state index in [-0.39, 0.29) is 0 Å². The Labute approximate surface area is 47.0 Å². The quantitative estimate of drug-likeness (QED) is 0.322. The van der Waals surface area contributed by atoms with Gasteiger partial charge in [-0.15, -0.1) is 0 Å². The van der Waals surface area contributed by atoms with Crippen molar-refractivity contribution in [2.24, 2.45) is 4.99 Å². The second kappa shape index (κ2) is 2.19. The van der Waals surface area contributed by atoms with E-state index in [9.17, 15) is 0 Å². The molecule has 0 atom stereocenters. The van der Waals surface area contributed by atoms with Crippen molar-refractivity contribution in [2.45, 2.75) is 6.42 Å². The predicted molar refractivity (Wildman–Crippen MR) is 30.9 cm³/mol. The van der Waals surface area contributed by atoms with Crippen LogP contribution in [-0.4, -0.2) is 16.7 Å². The number of allylic oxidation sites excluding steroid dienone is 1. The molecule has 0 saturated carbocycles. The Morgan fingerprint density at radius 2 is 2.62 bits per heavy atom. The molecule has 1 aliphatic heterocycles. The molecule has 0 aliphatic carbocycles. The average Bonchev–Trinajstić information content (AvgIpc) is 1.90. The second-order valence-electron chi connectivity index (χ2n) is 1.46. The molecule has 3 nitrogen and oxygen atoms in total. The molecule has 0 fully saturated rings. The first kappa shape index (κ1) is 4.94. The molecule has 0 aromatic carbocycles. The van der Waals surface area contributed by atoms with Gasteiger partial charge in [-0.3, -0.25) is 4.99 Å². The minimum absolute atomic E-state index is 0.604. The van der Waals surface area contributed by atoms with Gasteiger partial charge in [-0.2, -0.15) is 4.79 Å². The number of hydrogen-bond donors (Lipinski definition) is 0. The van der Waals surface area contributed by atoms with Crippen molar-refractivity contribution in [3.63, 3.8) is 0 Å². The molecule has 0 bridgehead atoms. The van der Waals surface area contributed by atoms with Crippen molar-refractivity contribution in [3.8, 4) is 0 Å². The minimum atomic E-state index is 0.604. The van der Waals surface area contributed by atoms with E-state index in [0.29, 0.717) is 12.1 Å². The van der Waals surface area contributed by atoms with Crippen LogP contribution in [0.5, 0.6) is 0 Å². The Bertz CT molecular complexity index is 184. The van der Waals surface area contributed by atoms with Crippen LogP contribution < -0.4 is 0 Å². The third-order valence-corrected chi connectivity index (χ3v) is 0.870. The highest BCUT2D eigenvalue weighted by molar-refractivity contribution is 6.28. The lowest BCUT2D eigenvalue weighted by Gasteiger charge is -1.84. The molecule has 8 heavy (non-hydrogen) atoms. The lowest BCUT2D eigenvalue weighted by atomic mass is 10.2. The minimum Gasteiger partial charge on any atom is -0.361 e. The summed E-state index contributed by atoms with van der Waals surface area (Å²) < 4.78 is 0. The molecule has 40 valence electrons. The highest BCUT2D eigenvalue weighted by Crippen LogP contribution is 1.89. The fourth-order valence-electron chi connectivity index (χ4n) is 0.483. The van der Waals surface area contributed by atoms with Gasteiger partial charge in [0, 0.05) is 6.20 Å². The van der Waals surface area contributed by atoms with Crippen molar-refractivity contribution in [1.29, 1.82) is 0 Å². The van der Waals surface area contributed by atoms with Gasteiger partial charge in [0.25, 0.3) is 0 Å². The first-order valence-electron chi connectivity index (χ1n) is 2.32. The third kappa shape index (κ3) is 0.891. The SMILES string of the molecule is [N-]=[N+]=C1C=NC=CC1. The van der Waals surface area contributed by atoms with Crippen LogP contribution in [0.4, 0.5) is 0 Å². The van der Waals surface area contributed by atoms with Gasteiger partial charge in [0.2, 0.25) is 0 Å². The van der Waals surface area contributed by atoms with Crippen molar-refractivity contribution in [1.82, 2.24) is 0 Å². The summed E-state index contributed by atoms with van der Waals surface area (Å²) in [5, 5.41) is 0. The van der Waals surface area contributed by atoms with Gasteiger partial charge in [-0.1, -0.05) is 6.08 Å². The predicted octanol–water partition coefficient (Wildman–Crippen LogP) is 0.645. The molecule has 0 aromatic heterocycles. The molecular formula is C5H5N3. The largest absolute Gasteiger partial charge is 0.361 e. The first-order chi connectivity index (χ1) is 3.93. The molecule has 0 spiro atoms. The zero-order valence-corrected chi connectivity index (χ0v) is 4.28. The van der Waals surface area contributed by atoms with Gasteiger partial charge >= 0.3 is 5.71 Å². The zero-order valence-electron chi connectivity index (χ0n) is 4.28. The number of aliphatic imine (C=N–C) groups is 1. The van der Waals surface area contributed by atoms with Crippen LogP contribution in [0.3, 0.4) is 0 Å². The average molecular weight is 107 g/mol. The van der Waals surface area contributed by atoms with E-state index in [1.165, 1.54) is 6.21 Å². The molecule has 1 heterocycles. The van der Waals surface area contributed by atoms with E-state index < -0.39 is 0 Å². The van der Waals surface area contributed by atoms with Crippen molar-refractivity contribution in [2.75, 3.05) is 0 Å². The van der Waals surface area contributed by atoms with E-state index >= 15 is 0 Å². The Kier molecular flexibility index (Phi) is 1.35. The van der Waals surface area contributed by atoms with E-state index in [4.69, 9.17) is 5.53 Å². The van der Waals surface area contributed by atoms with Crippen LogP contribution >= 0.6 is 0 Å². The smallest absolute Gasteiger partial charge is 0.313 e. The summed E-state index contributed by atoms with van der Waals surface area (Å²) in [6.07, 6.45) is 5.71. The van der Waals surface area contributed by atoms with Crippen molar-refractivity contribution in [3.05, 3.63) is 17.8 Å². The fourth-order valence-corrected chi connectivity index (χ4v) is 0.483. The standard InChI is InChI=1S/C5H5N3/c6-8-5-2-1-3-7-4-5/h1,3-4H,2H2. The normalized spacial score (nSPS) is 16.2. The number of hydrogen-bond acceptors (Lipinski definition) is 1. The van der Waals surface area contributed by atoms with Crippen molar-refractivity contribution >= 4 is 11.9 Å². The maximum absolute atomic E-state index is 8.15. The molecular weight excluding hydrogens is 102 g/mol. The Balaban J connectivity index is 2.80. The Morgan fingerprint density at radius 1 is 1.75 bits per heavy atom. The van der Waals surface area contributed by atoms with Gasteiger partial charge in [-0.05, 0) is 0 Å². The maximum atomic E-state index is 8.15. The topological polar surface area (TPSA) is 48.8 Å². The molecule has 1 rings (SSSR count). The summed E-state index contributed by atoms with van der Waals surface area (Å²) >= 11 is 0. The van der Waals surface area contributed by atoms with Crippen LogP contribution in [0.25, 0.3) is 5.53 Å². The van der Waals surface area contributed by atoms with Crippen LogP contribution in [-0.2, 0) is 0 Å². The van der Waals surface area contributed by atoms with E-state index in [0.717, 1.165) is 0 Å². The highest BCUT2D eigenvalue weighted by atomic mass is 14.9. The first-order valence-corrected chi connectivity index (χ1v) is 2.32. The molecule has 0 saturated heterocycles. The van der Waals surface area contributed by atoms with E-state index in [1.807, 2.05) is 6.08 Å². The van der Waals surface area contributed by atoms with Gasteiger partial charge in [0.1, 0.15) is 6.21 Å². The highest BCUT2D eigenvalue weighted by Gasteiger charge is 2.01. The Morgan fingerprint density at radius 3 is 3.00 bits per heavy atom. The van der Waals surface area contributed by atoms with Gasteiger partial charge in [0.05, 0.1) is 6.42 Å². The van der Waals surface area contributed by atoms with Gasteiger partial charge < -0.3 is 5.53 Å². The Hall–Kier alpha value is -1.21. The second-order valence-corrected chi connectivity index (χ2v) is 1.46. The molecule has 0 amide bonds. The zero-order chi connectivity index (χ0) is 5.82. The molecule has 0 radical (unpaired) electrons. The summed E-state index contributed by atoms with van der Waals surface area (Å²) in [6.45, 7) is 0. The lowest BCUT2D eigenvalue weighted by molar-refractivity contribution is -0.00320. The summed E-state index contributed by atoms with van der Waals surface area (Å²) in [4.78, 5) is 6.70. The number of rotatable bonds is 0. The van der Waals surface area contributed by atoms with Crippen LogP contribution in [0.1, 0.15) is 6.42 Å². The number of nitrogens with zero attached hydrogens (tertiary/aromatic N) is 3. The summed E-state index contributed by atoms with van der Waals surface area (Å²) in [5.41, 5.74) is 8.76. The molecule has 1 aliphatic rings. The summed E-state index contributed by atoms with van der Waals surface area (Å²) in [5.74, 6) is 0. The molecule has 0 N–H and O–H groups in total. The van der Waals surface area contributed by atoms with E-state index in [1.54, 1.807) is 6.20 Å². The monoisotopic (exact) mass is 107 g/mol. The lowest BCUT2D eigenvalue weighted by Crippen LogP contribution is -2.01. The van der Waals surface area contributed by atoms with E-state index in [2.05, 4.69) is 9.78 Å². The van der Waals surface area contributed by atoms with Gasteiger partial charge in [-0.25, -0.2) is 0 Å². The summed E-state index contributed by atoms with van der Waals surface area (Å²) in [6, 6.07) is 0. The molecule has 3 heteroatoms. The van der Waals surface area contributed by atoms with Gasteiger partial charge in [0.15, 0.2) is 0 Å². The van der Waals surface area contributed by atoms with Crippen LogP contribution in [0.15, 0.2) is 17.3 Å². The van der Waals surface area contributed by atoms with Crippen LogP contribution in [0, 0.1) is 0 Å². The third-order valence-electron chi connectivity index (χ3n) is 0.870. The fraction of sp³-hybridized carbons (Fsp3) is 0.200. The van der Waals surface area contributed by atoms with Crippen LogP contribution in [0.2, 0.25) is 0 Å². The molecule has 0 unspecified atom stereocenters. The molecule has 0 aromatic rings. The maximum Gasteiger partial charge on any atom is 0.313 e. The summed E-state index contributed by atoms with van der Waals surface area (Å²) in [7, 11) is 0. The van der Waals surface area contributed by atoms with Crippen molar-refractivity contribution < 1.29 is 4.79 Å².